The van der Waals surface area contributed by atoms with E-state index in [1.807, 2.05) is 30.3 Å². The SMILES string of the molecule is O=C1CN(Cc2ccc(C3(CS(=O)(=O)c4cccc(OC5CCCC5)c4)CCCC3)cc2)C(=O)N1. The van der Waals surface area contributed by atoms with Gasteiger partial charge in [-0.3, -0.25) is 10.1 Å². The van der Waals surface area contributed by atoms with Gasteiger partial charge in [0.2, 0.25) is 5.91 Å². The van der Waals surface area contributed by atoms with Crippen LogP contribution in [0.3, 0.4) is 0 Å². The normalized spacial score (nSPS) is 20.4. The Kier molecular flexibility index (Phi) is 6.57. The molecule has 0 bridgehead atoms. The van der Waals surface area contributed by atoms with E-state index in [1.165, 1.54) is 4.90 Å². The Hall–Kier alpha value is -2.87. The van der Waals surface area contributed by atoms with Crippen molar-refractivity contribution in [2.24, 2.45) is 0 Å². The summed E-state index contributed by atoms with van der Waals surface area (Å²) in [6, 6.07) is 14.4. The van der Waals surface area contributed by atoms with Crippen LogP contribution in [0.2, 0.25) is 0 Å². The van der Waals surface area contributed by atoms with Crippen LogP contribution in [-0.4, -0.2) is 43.7 Å². The second-order valence-electron chi connectivity index (χ2n) is 10.2. The van der Waals surface area contributed by atoms with E-state index in [4.69, 9.17) is 4.74 Å². The van der Waals surface area contributed by atoms with Gasteiger partial charge < -0.3 is 9.64 Å². The standard InChI is InChI=1S/C27H32N2O5S/c30-25-18-29(26(31)28-25)17-20-10-12-21(13-11-20)27(14-3-4-15-27)19-35(32,33)24-9-5-8-23(16-24)34-22-6-1-2-7-22/h5,8-13,16,22H,1-4,6-7,14-15,17-19H2,(H,28,30,31). The Morgan fingerprint density at radius 3 is 2.34 bits per heavy atom. The smallest absolute Gasteiger partial charge is 0.324 e. The van der Waals surface area contributed by atoms with Crippen molar-refractivity contribution in [2.45, 2.75) is 74.3 Å². The third kappa shape index (κ3) is 5.22. The van der Waals surface area contributed by atoms with Crippen LogP contribution in [0.25, 0.3) is 0 Å². The first-order chi connectivity index (χ1) is 16.8. The van der Waals surface area contributed by atoms with Gasteiger partial charge >= 0.3 is 6.03 Å². The minimum atomic E-state index is -3.53. The number of nitrogens with one attached hydrogen (secondary N) is 1. The number of ether oxygens (including phenoxy) is 1. The summed E-state index contributed by atoms with van der Waals surface area (Å²) in [5.41, 5.74) is 1.50. The van der Waals surface area contributed by atoms with Crippen LogP contribution in [0.4, 0.5) is 4.79 Å². The minimum absolute atomic E-state index is 0.0618. The Morgan fingerprint density at radius 2 is 1.69 bits per heavy atom. The number of rotatable bonds is 8. The molecule has 1 N–H and O–H groups in total. The summed E-state index contributed by atoms with van der Waals surface area (Å²) in [7, 11) is -3.53. The van der Waals surface area contributed by atoms with Crippen LogP contribution in [-0.2, 0) is 26.6 Å². The molecule has 1 aliphatic heterocycles. The van der Waals surface area contributed by atoms with Crippen molar-refractivity contribution < 1.29 is 22.7 Å². The average molecular weight is 497 g/mol. The summed E-state index contributed by atoms with van der Waals surface area (Å²) >= 11 is 0. The van der Waals surface area contributed by atoms with Gasteiger partial charge in [-0.05, 0) is 67.9 Å². The van der Waals surface area contributed by atoms with Crippen molar-refractivity contribution in [3.8, 4) is 5.75 Å². The number of nitrogens with zero attached hydrogens (tertiary/aromatic N) is 1. The van der Waals surface area contributed by atoms with Crippen molar-refractivity contribution in [3.05, 3.63) is 59.7 Å². The maximum atomic E-state index is 13.6. The highest BCUT2D eigenvalue weighted by Crippen LogP contribution is 2.43. The van der Waals surface area contributed by atoms with Gasteiger partial charge in [0, 0.05) is 12.0 Å². The number of benzene rings is 2. The number of amides is 3. The van der Waals surface area contributed by atoms with Crippen LogP contribution >= 0.6 is 0 Å². The molecule has 35 heavy (non-hydrogen) atoms. The van der Waals surface area contributed by atoms with Gasteiger partial charge in [0.05, 0.1) is 16.8 Å². The second kappa shape index (κ2) is 9.64. The van der Waals surface area contributed by atoms with Crippen molar-refractivity contribution in [1.82, 2.24) is 10.2 Å². The van der Waals surface area contributed by atoms with E-state index >= 15 is 0 Å². The molecule has 3 amide bonds. The fourth-order valence-electron chi connectivity index (χ4n) is 5.75. The number of sulfone groups is 1. The number of carbonyl (C=O) groups excluding carboxylic acids is 2. The molecule has 0 aromatic heterocycles. The molecule has 0 unspecified atom stereocenters. The number of urea groups is 1. The predicted molar refractivity (Wildman–Crippen MR) is 132 cm³/mol. The van der Waals surface area contributed by atoms with E-state index in [0.29, 0.717) is 17.2 Å². The molecular formula is C27H32N2O5S. The molecule has 0 spiro atoms. The highest BCUT2D eigenvalue weighted by atomic mass is 32.2. The number of imide groups is 1. The van der Waals surface area contributed by atoms with Gasteiger partial charge in [-0.2, -0.15) is 0 Å². The van der Waals surface area contributed by atoms with Gasteiger partial charge in [-0.25, -0.2) is 13.2 Å². The predicted octanol–water partition coefficient (Wildman–Crippen LogP) is 4.35. The van der Waals surface area contributed by atoms with E-state index in [1.54, 1.807) is 18.2 Å². The third-order valence-electron chi connectivity index (χ3n) is 7.60. The van der Waals surface area contributed by atoms with Crippen molar-refractivity contribution >= 4 is 21.8 Å². The zero-order valence-corrected chi connectivity index (χ0v) is 20.7. The van der Waals surface area contributed by atoms with Gasteiger partial charge in [0.25, 0.3) is 0 Å². The lowest BCUT2D eigenvalue weighted by molar-refractivity contribution is -0.118. The molecule has 2 saturated carbocycles. The quantitative estimate of drug-likeness (QED) is 0.549. The van der Waals surface area contributed by atoms with Crippen molar-refractivity contribution in [2.75, 3.05) is 12.3 Å². The summed E-state index contributed by atoms with van der Waals surface area (Å²) < 4.78 is 33.2. The van der Waals surface area contributed by atoms with E-state index in [-0.39, 0.29) is 30.3 Å². The molecule has 8 heteroatoms. The first-order valence-electron chi connectivity index (χ1n) is 12.5. The number of carbonyl (C=O) groups is 2. The molecule has 0 atom stereocenters. The molecule has 7 nitrogen and oxygen atoms in total. The van der Waals surface area contributed by atoms with E-state index in [2.05, 4.69) is 5.32 Å². The van der Waals surface area contributed by atoms with E-state index in [0.717, 1.165) is 62.5 Å². The van der Waals surface area contributed by atoms with Crippen LogP contribution in [0.15, 0.2) is 53.4 Å². The van der Waals surface area contributed by atoms with Crippen LogP contribution in [0.5, 0.6) is 5.75 Å². The van der Waals surface area contributed by atoms with Crippen molar-refractivity contribution in [3.63, 3.8) is 0 Å². The number of hydrogen-bond acceptors (Lipinski definition) is 5. The van der Waals surface area contributed by atoms with Gasteiger partial charge in [-0.15, -0.1) is 0 Å². The van der Waals surface area contributed by atoms with E-state index < -0.39 is 15.3 Å². The maximum Gasteiger partial charge on any atom is 0.324 e. The highest BCUT2D eigenvalue weighted by Gasteiger charge is 2.40. The van der Waals surface area contributed by atoms with Crippen LogP contribution in [0, 0.1) is 0 Å². The molecule has 3 aliphatic rings. The fourth-order valence-corrected chi connectivity index (χ4v) is 7.68. The lowest BCUT2D eigenvalue weighted by atomic mass is 9.80. The molecule has 0 radical (unpaired) electrons. The molecule has 186 valence electrons. The summed E-state index contributed by atoms with van der Waals surface area (Å²) in [4.78, 5) is 25.1. The van der Waals surface area contributed by atoms with Crippen molar-refractivity contribution in [1.29, 1.82) is 0 Å². The molecule has 3 fully saturated rings. The Morgan fingerprint density at radius 1 is 0.971 bits per heavy atom. The fraction of sp³-hybridized carbons (Fsp3) is 0.481. The molecule has 2 aromatic rings. The molecular weight excluding hydrogens is 464 g/mol. The Balaban J connectivity index is 1.33. The Labute approximate surface area is 206 Å². The summed E-state index contributed by atoms with van der Waals surface area (Å²) in [6.07, 6.45) is 8.19. The zero-order valence-electron chi connectivity index (χ0n) is 19.9. The molecule has 2 aliphatic carbocycles. The van der Waals surface area contributed by atoms with Gasteiger partial charge in [-0.1, -0.05) is 43.2 Å². The minimum Gasteiger partial charge on any atom is -0.490 e. The topological polar surface area (TPSA) is 92.8 Å². The highest BCUT2D eigenvalue weighted by molar-refractivity contribution is 7.91. The first kappa shape index (κ1) is 23.9. The summed E-state index contributed by atoms with van der Waals surface area (Å²) in [6.45, 7) is 0.406. The Bertz CT molecular complexity index is 1200. The summed E-state index contributed by atoms with van der Waals surface area (Å²) in [5, 5.41) is 2.29. The van der Waals surface area contributed by atoms with Gasteiger partial charge in [0.1, 0.15) is 12.3 Å². The maximum absolute atomic E-state index is 13.6. The molecule has 2 aromatic carbocycles. The largest absolute Gasteiger partial charge is 0.490 e. The zero-order chi connectivity index (χ0) is 24.5. The molecule has 1 saturated heterocycles. The van der Waals surface area contributed by atoms with E-state index in [9.17, 15) is 18.0 Å². The average Bonchev–Trinajstić information content (AvgIpc) is 3.58. The first-order valence-corrected chi connectivity index (χ1v) is 14.2. The lowest BCUT2D eigenvalue weighted by Gasteiger charge is -2.30. The van der Waals surface area contributed by atoms with Crippen LogP contribution in [0.1, 0.15) is 62.5 Å². The monoisotopic (exact) mass is 496 g/mol. The summed E-state index contributed by atoms with van der Waals surface area (Å²) in [5.74, 6) is 0.404. The van der Waals surface area contributed by atoms with Gasteiger partial charge in [0.15, 0.2) is 9.84 Å². The lowest BCUT2D eigenvalue weighted by Crippen LogP contribution is -2.32. The molecule has 5 rings (SSSR count). The number of hydrogen-bond donors (Lipinski definition) is 1. The molecule has 1 heterocycles. The third-order valence-corrected chi connectivity index (χ3v) is 9.51. The second-order valence-corrected chi connectivity index (χ2v) is 12.1. The van der Waals surface area contributed by atoms with Crippen LogP contribution < -0.4 is 10.1 Å².